The molecule has 5 nitrogen and oxygen atoms in total. The van der Waals surface area contributed by atoms with Crippen LogP contribution >= 0.6 is 0 Å². The quantitative estimate of drug-likeness (QED) is 0.649. The first-order valence-corrected chi connectivity index (χ1v) is 8.91. The molecule has 1 heterocycles. The molecule has 1 aliphatic rings. The normalized spacial score (nSPS) is 16.1. The first-order chi connectivity index (χ1) is 11.8. The standard InChI is InChI=1S/C19H26N4O/c1-2-20-19(22-16-11-7-4-8-12-16)21-14-17-13-18(24-23-17)15-9-5-3-6-10-15/h3,5-6,9-10,13,16H,2,4,7-8,11-12,14H2,1H3,(H2,20,21,22). The largest absolute Gasteiger partial charge is 0.357 e. The van der Waals surface area contributed by atoms with Gasteiger partial charge >= 0.3 is 0 Å². The molecule has 0 radical (unpaired) electrons. The van der Waals surface area contributed by atoms with E-state index >= 15 is 0 Å². The SMILES string of the molecule is CCNC(=NCc1cc(-c2ccccc2)on1)NC1CCCCC1. The highest BCUT2D eigenvalue weighted by atomic mass is 16.5. The molecule has 0 amide bonds. The lowest BCUT2D eigenvalue weighted by Crippen LogP contribution is -2.44. The molecule has 0 unspecified atom stereocenters. The van der Waals surface area contributed by atoms with E-state index in [1.807, 2.05) is 36.4 Å². The number of nitrogens with one attached hydrogen (secondary N) is 2. The van der Waals surface area contributed by atoms with Gasteiger partial charge in [-0.2, -0.15) is 0 Å². The number of hydrogen-bond donors (Lipinski definition) is 2. The summed E-state index contributed by atoms with van der Waals surface area (Å²) in [6, 6.07) is 12.5. The summed E-state index contributed by atoms with van der Waals surface area (Å²) in [5.41, 5.74) is 1.88. The first-order valence-electron chi connectivity index (χ1n) is 8.91. The van der Waals surface area contributed by atoms with Crippen molar-refractivity contribution < 1.29 is 4.52 Å². The monoisotopic (exact) mass is 326 g/mol. The topological polar surface area (TPSA) is 62.5 Å². The number of aliphatic imine (C=N–C) groups is 1. The van der Waals surface area contributed by atoms with Crippen molar-refractivity contribution in [1.82, 2.24) is 15.8 Å². The second-order valence-electron chi connectivity index (χ2n) is 6.22. The average Bonchev–Trinajstić information content (AvgIpc) is 3.11. The van der Waals surface area contributed by atoms with Gasteiger partial charge in [-0.3, -0.25) is 0 Å². The minimum absolute atomic E-state index is 0.512. The first kappa shape index (κ1) is 16.6. The van der Waals surface area contributed by atoms with Crippen molar-refractivity contribution >= 4 is 5.96 Å². The summed E-state index contributed by atoms with van der Waals surface area (Å²) in [4.78, 5) is 4.66. The van der Waals surface area contributed by atoms with E-state index in [4.69, 9.17) is 4.52 Å². The highest BCUT2D eigenvalue weighted by Gasteiger charge is 2.14. The molecule has 0 saturated heterocycles. The molecule has 2 N–H and O–H groups in total. The fourth-order valence-electron chi connectivity index (χ4n) is 3.05. The summed E-state index contributed by atoms with van der Waals surface area (Å²) in [6.45, 7) is 3.45. The number of nitrogens with zero attached hydrogens (tertiary/aromatic N) is 2. The van der Waals surface area contributed by atoms with Crippen LogP contribution in [-0.2, 0) is 6.54 Å². The van der Waals surface area contributed by atoms with Crippen molar-refractivity contribution in [1.29, 1.82) is 0 Å². The molecule has 0 atom stereocenters. The van der Waals surface area contributed by atoms with Gasteiger partial charge in [0.05, 0.1) is 6.54 Å². The Kier molecular flexibility index (Phi) is 5.88. The molecule has 2 aromatic rings. The molecule has 128 valence electrons. The van der Waals surface area contributed by atoms with E-state index < -0.39 is 0 Å². The molecule has 0 bridgehead atoms. The maximum atomic E-state index is 5.43. The maximum absolute atomic E-state index is 5.43. The minimum Gasteiger partial charge on any atom is -0.357 e. The molecule has 1 fully saturated rings. The van der Waals surface area contributed by atoms with Gasteiger partial charge < -0.3 is 15.2 Å². The number of hydrogen-bond acceptors (Lipinski definition) is 3. The third-order valence-electron chi connectivity index (χ3n) is 4.31. The number of benzene rings is 1. The van der Waals surface area contributed by atoms with E-state index in [2.05, 4.69) is 27.7 Å². The molecule has 24 heavy (non-hydrogen) atoms. The van der Waals surface area contributed by atoms with Crippen LogP contribution in [0.3, 0.4) is 0 Å². The van der Waals surface area contributed by atoms with E-state index in [0.717, 1.165) is 29.5 Å². The molecule has 0 spiro atoms. The van der Waals surface area contributed by atoms with Crippen molar-refractivity contribution in [2.24, 2.45) is 4.99 Å². The summed E-state index contributed by atoms with van der Waals surface area (Å²) in [5, 5.41) is 11.0. The predicted octanol–water partition coefficient (Wildman–Crippen LogP) is 3.73. The fraction of sp³-hybridized carbons (Fsp3) is 0.474. The van der Waals surface area contributed by atoms with Crippen LogP contribution < -0.4 is 10.6 Å². The van der Waals surface area contributed by atoms with E-state index in [9.17, 15) is 0 Å². The molecule has 5 heteroatoms. The summed E-state index contributed by atoms with van der Waals surface area (Å²) in [5.74, 6) is 1.65. The van der Waals surface area contributed by atoms with Crippen LogP contribution in [0.1, 0.15) is 44.7 Å². The van der Waals surface area contributed by atoms with Crippen molar-refractivity contribution in [2.75, 3.05) is 6.54 Å². The summed E-state index contributed by atoms with van der Waals surface area (Å²) < 4.78 is 5.43. The van der Waals surface area contributed by atoms with Crippen molar-refractivity contribution in [3.63, 3.8) is 0 Å². The Labute approximate surface area is 143 Å². The molecular formula is C19H26N4O. The smallest absolute Gasteiger partial charge is 0.191 e. The van der Waals surface area contributed by atoms with Gasteiger partial charge in [0.2, 0.25) is 0 Å². The number of guanidine groups is 1. The Morgan fingerprint density at radius 1 is 1.21 bits per heavy atom. The van der Waals surface area contributed by atoms with Crippen LogP contribution in [0.25, 0.3) is 11.3 Å². The molecule has 1 aromatic carbocycles. The van der Waals surface area contributed by atoms with Gasteiger partial charge in [0.1, 0.15) is 5.69 Å². The zero-order valence-electron chi connectivity index (χ0n) is 14.3. The third kappa shape index (κ3) is 4.60. The Morgan fingerprint density at radius 3 is 2.75 bits per heavy atom. The third-order valence-corrected chi connectivity index (χ3v) is 4.31. The van der Waals surface area contributed by atoms with Gasteiger partial charge in [-0.25, -0.2) is 4.99 Å². The van der Waals surface area contributed by atoms with Crippen LogP contribution in [0.4, 0.5) is 0 Å². The second-order valence-corrected chi connectivity index (χ2v) is 6.22. The molecule has 1 saturated carbocycles. The predicted molar refractivity (Wildman–Crippen MR) is 96.8 cm³/mol. The lowest BCUT2D eigenvalue weighted by Gasteiger charge is -2.24. The van der Waals surface area contributed by atoms with Crippen LogP contribution in [0.2, 0.25) is 0 Å². The van der Waals surface area contributed by atoms with Crippen molar-refractivity contribution in [3.05, 3.63) is 42.1 Å². The van der Waals surface area contributed by atoms with Gasteiger partial charge in [0.15, 0.2) is 11.7 Å². The van der Waals surface area contributed by atoms with Gasteiger partial charge in [0, 0.05) is 24.2 Å². The van der Waals surface area contributed by atoms with E-state index in [-0.39, 0.29) is 0 Å². The molecule has 1 aromatic heterocycles. The Balaban J connectivity index is 1.62. The van der Waals surface area contributed by atoms with Gasteiger partial charge in [-0.1, -0.05) is 54.8 Å². The average molecular weight is 326 g/mol. The zero-order valence-corrected chi connectivity index (χ0v) is 14.3. The van der Waals surface area contributed by atoms with Gasteiger partial charge in [0.25, 0.3) is 0 Å². The van der Waals surface area contributed by atoms with Crippen LogP contribution in [-0.4, -0.2) is 23.7 Å². The summed E-state index contributed by atoms with van der Waals surface area (Å²) in [6.07, 6.45) is 6.42. The van der Waals surface area contributed by atoms with E-state index in [1.54, 1.807) is 0 Å². The maximum Gasteiger partial charge on any atom is 0.191 e. The number of rotatable bonds is 5. The van der Waals surface area contributed by atoms with Crippen molar-refractivity contribution in [2.45, 2.75) is 51.6 Å². The Morgan fingerprint density at radius 2 is 2.00 bits per heavy atom. The Bertz CT molecular complexity index is 644. The highest BCUT2D eigenvalue weighted by Crippen LogP contribution is 2.20. The zero-order chi connectivity index (χ0) is 16.6. The van der Waals surface area contributed by atoms with Crippen molar-refractivity contribution in [3.8, 4) is 11.3 Å². The van der Waals surface area contributed by atoms with Crippen LogP contribution in [0.5, 0.6) is 0 Å². The van der Waals surface area contributed by atoms with Crippen LogP contribution in [0, 0.1) is 0 Å². The van der Waals surface area contributed by atoms with E-state index in [0.29, 0.717) is 12.6 Å². The van der Waals surface area contributed by atoms with Gasteiger partial charge in [-0.05, 0) is 19.8 Å². The summed E-state index contributed by atoms with van der Waals surface area (Å²) >= 11 is 0. The second kappa shape index (κ2) is 8.52. The fourth-order valence-corrected chi connectivity index (χ4v) is 3.05. The summed E-state index contributed by atoms with van der Waals surface area (Å²) in [7, 11) is 0. The highest BCUT2D eigenvalue weighted by molar-refractivity contribution is 5.80. The molecule has 1 aliphatic carbocycles. The van der Waals surface area contributed by atoms with E-state index in [1.165, 1.54) is 32.1 Å². The van der Waals surface area contributed by atoms with Crippen LogP contribution in [0.15, 0.2) is 45.9 Å². The molecule has 3 rings (SSSR count). The Hall–Kier alpha value is -2.30. The molecular weight excluding hydrogens is 300 g/mol. The minimum atomic E-state index is 0.512. The van der Waals surface area contributed by atoms with Gasteiger partial charge in [-0.15, -0.1) is 0 Å². The molecule has 0 aliphatic heterocycles. The number of aromatic nitrogens is 1. The lowest BCUT2D eigenvalue weighted by molar-refractivity contribution is 0.409. The lowest BCUT2D eigenvalue weighted by atomic mass is 9.96.